The van der Waals surface area contributed by atoms with Crippen LogP contribution in [0.2, 0.25) is 0 Å². The summed E-state index contributed by atoms with van der Waals surface area (Å²) in [7, 11) is 1.95. The summed E-state index contributed by atoms with van der Waals surface area (Å²) in [5.41, 5.74) is 1.53. The van der Waals surface area contributed by atoms with Crippen molar-refractivity contribution in [2.75, 3.05) is 33.3 Å². The summed E-state index contributed by atoms with van der Waals surface area (Å²) in [5, 5.41) is 3.79. The Hall–Kier alpha value is -2.22. The summed E-state index contributed by atoms with van der Waals surface area (Å²) in [5.74, 6) is -0.491. The van der Waals surface area contributed by atoms with Crippen molar-refractivity contribution in [3.05, 3.63) is 45.8 Å². The molecule has 2 aromatic rings. The zero-order valence-corrected chi connectivity index (χ0v) is 14.7. The summed E-state index contributed by atoms with van der Waals surface area (Å²) in [4.78, 5) is 27.0. The lowest BCUT2D eigenvalue weighted by Gasteiger charge is -2.29. The Balaban J connectivity index is 1.69. The zero-order chi connectivity index (χ0) is 18.1. The quantitative estimate of drug-likeness (QED) is 0.836. The Kier molecular flexibility index (Phi) is 4.76. The van der Waals surface area contributed by atoms with Crippen molar-refractivity contribution < 1.29 is 18.7 Å². The van der Waals surface area contributed by atoms with Gasteiger partial charge in [0.15, 0.2) is 5.43 Å². The molecular weight excluding hydrogens is 336 g/mol. The Labute approximate surface area is 150 Å². The maximum atomic E-state index is 12.7. The number of fused-ring (bicyclic) bond motifs is 1. The van der Waals surface area contributed by atoms with Gasteiger partial charge < -0.3 is 19.2 Å². The third kappa shape index (κ3) is 3.38. The second-order valence-electron chi connectivity index (χ2n) is 6.84. The number of carbonyl (C=O) groups is 1. The summed E-state index contributed by atoms with van der Waals surface area (Å²) in [6.07, 6.45) is 2.77. The molecule has 0 bridgehead atoms. The molecule has 3 heterocycles. The molecule has 7 nitrogen and oxygen atoms in total. The van der Waals surface area contributed by atoms with Gasteiger partial charge in [-0.2, -0.15) is 0 Å². The average molecular weight is 358 g/mol. The SMILES string of the molecule is CN1CCOC(OC(=O)c2cc(C3CCCN3)c3occc(=O)c3c2)C1. The smallest absolute Gasteiger partial charge is 0.340 e. The van der Waals surface area contributed by atoms with E-state index in [9.17, 15) is 9.59 Å². The van der Waals surface area contributed by atoms with Gasteiger partial charge >= 0.3 is 5.97 Å². The van der Waals surface area contributed by atoms with Crippen LogP contribution in [-0.4, -0.2) is 50.4 Å². The van der Waals surface area contributed by atoms with E-state index in [1.165, 1.54) is 12.3 Å². The first-order chi connectivity index (χ1) is 12.6. The normalized spacial score (nSPS) is 24.0. The first-order valence-corrected chi connectivity index (χ1v) is 8.92. The molecule has 138 valence electrons. The third-order valence-corrected chi connectivity index (χ3v) is 4.94. The molecule has 2 unspecified atom stereocenters. The van der Waals surface area contributed by atoms with E-state index in [-0.39, 0.29) is 11.5 Å². The van der Waals surface area contributed by atoms with Crippen molar-refractivity contribution in [3.8, 4) is 0 Å². The molecule has 2 saturated heterocycles. The summed E-state index contributed by atoms with van der Waals surface area (Å²) >= 11 is 0. The molecule has 2 aliphatic rings. The molecule has 0 aliphatic carbocycles. The van der Waals surface area contributed by atoms with E-state index in [0.29, 0.717) is 29.7 Å². The Morgan fingerprint density at radius 2 is 2.27 bits per heavy atom. The summed E-state index contributed by atoms with van der Waals surface area (Å²) in [6, 6.07) is 4.74. The van der Waals surface area contributed by atoms with E-state index in [2.05, 4.69) is 5.32 Å². The van der Waals surface area contributed by atoms with Crippen LogP contribution in [-0.2, 0) is 9.47 Å². The minimum atomic E-state index is -0.600. The number of likely N-dealkylation sites (N-methyl/N-ethyl adjacent to an activating group) is 1. The van der Waals surface area contributed by atoms with Gasteiger partial charge in [-0.15, -0.1) is 0 Å². The van der Waals surface area contributed by atoms with Crippen molar-refractivity contribution >= 4 is 16.9 Å². The Bertz CT molecular complexity index is 872. The van der Waals surface area contributed by atoms with Crippen LogP contribution in [0.4, 0.5) is 0 Å². The third-order valence-electron chi connectivity index (χ3n) is 4.94. The van der Waals surface area contributed by atoms with Gasteiger partial charge in [-0.05, 0) is 38.6 Å². The topological polar surface area (TPSA) is 81.0 Å². The van der Waals surface area contributed by atoms with Crippen molar-refractivity contribution in [1.82, 2.24) is 10.2 Å². The number of nitrogens with zero attached hydrogens (tertiary/aromatic N) is 1. The zero-order valence-electron chi connectivity index (χ0n) is 14.7. The number of morpholine rings is 1. The summed E-state index contributed by atoms with van der Waals surface area (Å²) in [6.45, 7) is 2.76. The van der Waals surface area contributed by atoms with E-state index in [4.69, 9.17) is 13.9 Å². The molecule has 1 N–H and O–H groups in total. The van der Waals surface area contributed by atoms with Gasteiger partial charge in [-0.1, -0.05) is 0 Å². The molecule has 0 spiro atoms. The van der Waals surface area contributed by atoms with Gasteiger partial charge in [0.05, 0.1) is 30.4 Å². The van der Waals surface area contributed by atoms with Crippen molar-refractivity contribution in [3.63, 3.8) is 0 Å². The fourth-order valence-electron chi connectivity index (χ4n) is 3.54. The van der Waals surface area contributed by atoms with Gasteiger partial charge in [-0.3, -0.25) is 9.69 Å². The van der Waals surface area contributed by atoms with Crippen molar-refractivity contribution in [2.45, 2.75) is 25.2 Å². The predicted octanol–water partition coefficient (Wildman–Crippen LogP) is 1.66. The molecule has 0 amide bonds. The standard InChI is InChI=1S/C19H22N2O5/c1-21-6-8-24-17(11-21)26-19(23)12-9-13(15-3-2-5-20-15)18-14(10-12)16(22)4-7-25-18/h4,7,9-10,15,17,20H,2-3,5-6,8,11H2,1H3. The van der Waals surface area contributed by atoms with Crippen molar-refractivity contribution in [2.24, 2.45) is 0 Å². The van der Waals surface area contributed by atoms with Gasteiger partial charge in [0.1, 0.15) is 5.58 Å². The highest BCUT2D eigenvalue weighted by Crippen LogP contribution is 2.30. The molecule has 4 rings (SSSR count). The Morgan fingerprint density at radius 1 is 1.38 bits per heavy atom. The number of nitrogens with one attached hydrogen (secondary N) is 1. The van der Waals surface area contributed by atoms with Crippen LogP contribution in [0.5, 0.6) is 0 Å². The van der Waals surface area contributed by atoms with Gasteiger partial charge in [0.2, 0.25) is 6.29 Å². The number of rotatable bonds is 3. The van der Waals surface area contributed by atoms with Crippen LogP contribution in [0, 0.1) is 0 Å². The molecule has 7 heteroatoms. The number of hydrogen-bond acceptors (Lipinski definition) is 7. The van der Waals surface area contributed by atoms with Gasteiger partial charge in [0, 0.05) is 24.2 Å². The average Bonchev–Trinajstić information content (AvgIpc) is 3.16. The fourth-order valence-corrected chi connectivity index (χ4v) is 3.54. The minimum absolute atomic E-state index is 0.0628. The lowest BCUT2D eigenvalue weighted by atomic mass is 9.99. The largest absolute Gasteiger partial charge is 0.464 e. The molecule has 0 radical (unpaired) electrons. The molecular formula is C19H22N2O5. The second-order valence-corrected chi connectivity index (χ2v) is 6.84. The van der Waals surface area contributed by atoms with Crippen LogP contribution in [0.1, 0.15) is 34.8 Å². The lowest BCUT2D eigenvalue weighted by molar-refractivity contribution is -0.146. The van der Waals surface area contributed by atoms with E-state index in [1.54, 1.807) is 12.1 Å². The predicted molar refractivity (Wildman–Crippen MR) is 95.1 cm³/mol. The number of esters is 1. The van der Waals surface area contributed by atoms with Crippen LogP contribution in [0.15, 0.2) is 33.7 Å². The van der Waals surface area contributed by atoms with Crippen molar-refractivity contribution in [1.29, 1.82) is 0 Å². The lowest BCUT2D eigenvalue weighted by Crippen LogP contribution is -2.42. The second kappa shape index (κ2) is 7.19. The summed E-state index contributed by atoms with van der Waals surface area (Å²) < 4.78 is 16.6. The van der Waals surface area contributed by atoms with E-state index in [0.717, 1.165) is 31.5 Å². The molecule has 2 atom stereocenters. The van der Waals surface area contributed by atoms with Crippen LogP contribution in [0.25, 0.3) is 11.0 Å². The number of carbonyl (C=O) groups excluding carboxylic acids is 1. The van der Waals surface area contributed by atoms with E-state index in [1.807, 2.05) is 11.9 Å². The highest BCUT2D eigenvalue weighted by molar-refractivity contribution is 5.95. The number of ether oxygens (including phenoxy) is 2. The fraction of sp³-hybridized carbons (Fsp3) is 0.474. The molecule has 0 saturated carbocycles. The maximum Gasteiger partial charge on any atom is 0.340 e. The highest BCUT2D eigenvalue weighted by atomic mass is 16.7. The molecule has 26 heavy (non-hydrogen) atoms. The first-order valence-electron chi connectivity index (χ1n) is 8.92. The first kappa shape index (κ1) is 17.2. The molecule has 1 aromatic heterocycles. The van der Waals surface area contributed by atoms with Gasteiger partial charge in [0.25, 0.3) is 0 Å². The molecule has 2 aliphatic heterocycles. The van der Waals surface area contributed by atoms with Crippen LogP contribution in [0.3, 0.4) is 0 Å². The Morgan fingerprint density at radius 3 is 3.04 bits per heavy atom. The van der Waals surface area contributed by atoms with E-state index >= 15 is 0 Å². The van der Waals surface area contributed by atoms with Gasteiger partial charge in [-0.25, -0.2) is 4.79 Å². The highest BCUT2D eigenvalue weighted by Gasteiger charge is 2.26. The molecule has 2 fully saturated rings. The minimum Gasteiger partial charge on any atom is -0.464 e. The maximum absolute atomic E-state index is 12.7. The van der Waals surface area contributed by atoms with Crippen LogP contribution < -0.4 is 10.7 Å². The van der Waals surface area contributed by atoms with Crippen LogP contribution >= 0.6 is 0 Å². The monoisotopic (exact) mass is 358 g/mol. The number of hydrogen-bond donors (Lipinski definition) is 1. The number of benzene rings is 1. The van der Waals surface area contributed by atoms with E-state index < -0.39 is 12.3 Å². The molecule has 1 aromatic carbocycles.